The molecular weight excluding hydrogens is 226 g/mol. The lowest BCUT2D eigenvalue weighted by Crippen LogP contribution is -2.34. The predicted octanol–water partition coefficient (Wildman–Crippen LogP) is 1.92. The molecule has 0 amide bonds. The molecule has 1 aliphatic rings. The van der Waals surface area contributed by atoms with Gasteiger partial charge in [-0.3, -0.25) is 0 Å². The number of pyridine rings is 1. The van der Waals surface area contributed by atoms with Crippen molar-refractivity contribution in [2.45, 2.75) is 19.3 Å². The number of nitrogens with one attached hydrogen (secondary N) is 1. The topological polar surface area (TPSA) is 37.4 Å². The molecule has 100 valence electrons. The molecule has 0 saturated carbocycles. The van der Waals surface area contributed by atoms with Gasteiger partial charge in [0.1, 0.15) is 11.6 Å². The maximum Gasteiger partial charge on any atom is 0.137 e. The number of hydrogen-bond donors (Lipinski definition) is 1. The molecule has 1 fully saturated rings. The van der Waals surface area contributed by atoms with Gasteiger partial charge in [-0.15, -0.1) is 0 Å². The molecule has 0 aromatic carbocycles. The van der Waals surface area contributed by atoms with Crippen LogP contribution in [0.1, 0.15) is 19.3 Å². The summed E-state index contributed by atoms with van der Waals surface area (Å²) in [6.07, 6.45) is 5.63. The lowest BCUT2D eigenvalue weighted by atomic mass is 9.93. The second-order valence-corrected chi connectivity index (χ2v) is 4.88. The Kier molecular flexibility index (Phi) is 4.81. The summed E-state index contributed by atoms with van der Waals surface area (Å²) in [4.78, 5) is 6.82. The predicted molar refractivity (Wildman–Crippen MR) is 74.3 cm³/mol. The van der Waals surface area contributed by atoms with Crippen LogP contribution in [0.2, 0.25) is 0 Å². The quantitative estimate of drug-likeness (QED) is 0.865. The van der Waals surface area contributed by atoms with Gasteiger partial charge in [0.05, 0.1) is 13.3 Å². The summed E-state index contributed by atoms with van der Waals surface area (Å²) >= 11 is 0. The zero-order valence-electron chi connectivity index (χ0n) is 11.4. The fraction of sp³-hybridized carbons (Fsp3) is 0.643. The number of anilines is 1. The summed E-state index contributed by atoms with van der Waals surface area (Å²) in [6, 6.07) is 4.03. The van der Waals surface area contributed by atoms with Crippen LogP contribution in [0.15, 0.2) is 18.3 Å². The Morgan fingerprint density at radius 3 is 2.72 bits per heavy atom. The molecular formula is C14H23N3O. The minimum atomic E-state index is 0.822. The van der Waals surface area contributed by atoms with Crippen molar-refractivity contribution in [1.29, 1.82) is 0 Å². The van der Waals surface area contributed by atoms with Gasteiger partial charge in [-0.05, 0) is 50.9 Å². The molecule has 0 spiro atoms. The van der Waals surface area contributed by atoms with Crippen LogP contribution in [0.5, 0.6) is 5.75 Å². The van der Waals surface area contributed by atoms with E-state index in [4.69, 9.17) is 4.74 Å². The van der Waals surface area contributed by atoms with Crippen molar-refractivity contribution in [3.05, 3.63) is 18.3 Å². The van der Waals surface area contributed by atoms with Crippen LogP contribution in [0.3, 0.4) is 0 Å². The van der Waals surface area contributed by atoms with Gasteiger partial charge in [0, 0.05) is 13.1 Å². The van der Waals surface area contributed by atoms with E-state index in [1.807, 2.05) is 19.2 Å². The molecule has 0 aliphatic carbocycles. The third-order valence-electron chi connectivity index (χ3n) is 3.70. The third kappa shape index (κ3) is 3.35. The highest BCUT2D eigenvalue weighted by Gasteiger charge is 2.19. The molecule has 0 unspecified atom stereocenters. The SMILES string of the molecule is CNCCC1CCN(c2ccc(OC)cn2)CC1. The molecule has 1 N–H and O–H groups in total. The van der Waals surface area contributed by atoms with Crippen LogP contribution in [0.25, 0.3) is 0 Å². The first-order valence-electron chi connectivity index (χ1n) is 6.73. The van der Waals surface area contributed by atoms with E-state index in [0.29, 0.717) is 0 Å². The molecule has 4 heteroatoms. The van der Waals surface area contributed by atoms with Crippen LogP contribution in [-0.4, -0.2) is 38.8 Å². The van der Waals surface area contributed by atoms with Crippen LogP contribution >= 0.6 is 0 Å². The zero-order valence-corrected chi connectivity index (χ0v) is 11.4. The maximum absolute atomic E-state index is 5.13. The van der Waals surface area contributed by atoms with E-state index in [9.17, 15) is 0 Å². The lowest BCUT2D eigenvalue weighted by Gasteiger charge is -2.32. The van der Waals surface area contributed by atoms with Gasteiger partial charge in [-0.2, -0.15) is 0 Å². The van der Waals surface area contributed by atoms with Gasteiger partial charge < -0.3 is 15.0 Å². The second kappa shape index (κ2) is 6.59. The van der Waals surface area contributed by atoms with Crippen molar-refractivity contribution in [3.8, 4) is 5.75 Å². The van der Waals surface area contributed by atoms with Crippen molar-refractivity contribution in [2.24, 2.45) is 5.92 Å². The largest absolute Gasteiger partial charge is 0.495 e. The number of piperidine rings is 1. The minimum absolute atomic E-state index is 0.822. The normalized spacial score (nSPS) is 16.9. The van der Waals surface area contributed by atoms with E-state index in [0.717, 1.165) is 37.1 Å². The van der Waals surface area contributed by atoms with Crippen molar-refractivity contribution in [1.82, 2.24) is 10.3 Å². The molecule has 1 aliphatic heterocycles. The first-order chi connectivity index (χ1) is 8.83. The highest BCUT2D eigenvalue weighted by Crippen LogP contribution is 2.24. The van der Waals surface area contributed by atoms with Crippen molar-refractivity contribution in [3.63, 3.8) is 0 Å². The van der Waals surface area contributed by atoms with Crippen LogP contribution in [0, 0.1) is 5.92 Å². The van der Waals surface area contributed by atoms with Crippen LogP contribution in [-0.2, 0) is 0 Å². The first kappa shape index (κ1) is 13.1. The van der Waals surface area contributed by atoms with Gasteiger partial charge in [0.2, 0.25) is 0 Å². The van der Waals surface area contributed by atoms with E-state index in [1.165, 1.54) is 19.3 Å². The minimum Gasteiger partial charge on any atom is -0.495 e. The Labute approximate surface area is 109 Å². The smallest absolute Gasteiger partial charge is 0.137 e. The van der Waals surface area contributed by atoms with Crippen molar-refractivity contribution in [2.75, 3.05) is 38.7 Å². The van der Waals surface area contributed by atoms with Crippen molar-refractivity contribution >= 4 is 5.82 Å². The Balaban J connectivity index is 1.84. The van der Waals surface area contributed by atoms with E-state index < -0.39 is 0 Å². The molecule has 2 heterocycles. The average Bonchev–Trinajstić information content (AvgIpc) is 2.46. The molecule has 1 aromatic heterocycles. The number of ether oxygens (including phenoxy) is 1. The van der Waals surface area contributed by atoms with Crippen molar-refractivity contribution < 1.29 is 4.74 Å². The maximum atomic E-state index is 5.13. The molecule has 0 bridgehead atoms. The van der Waals surface area contributed by atoms with E-state index >= 15 is 0 Å². The van der Waals surface area contributed by atoms with E-state index in [-0.39, 0.29) is 0 Å². The Morgan fingerprint density at radius 1 is 1.39 bits per heavy atom. The number of nitrogens with zero attached hydrogens (tertiary/aromatic N) is 2. The van der Waals surface area contributed by atoms with Gasteiger partial charge in [-0.25, -0.2) is 4.98 Å². The number of rotatable bonds is 5. The summed E-state index contributed by atoms with van der Waals surface area (Å²) < 4.78 is 5.13. The Bertz CT molecular complexity index is 345. The molecule has 18 heavy (non-hydrogen) atoms. The lowest BCUT2D eigenvalue weighted by molar-refractivity contribution is 0.376. The third-order valence-corrected chi connectivity index (χ3v) is 3.70. The molecule has 2 rings (SSSR count). The molecule has 1 saturated heterocycles. The van der Waals surface area contributed by atoms with Gasteiger partial charge >= 0.3 is 0 Å². The highest BCUT2D eigenvalue weighted by molar-refractivity contribution is 5.41. The molecule has 1 aromatic rings. The molecule has 0 radical (unpaired) electrons. The fourth-order valence-corrected chi connectivity index (χ4v) is 2.48. The summed E-state index contributed by atoms with van der Waals surface area (Å²) in [7, 11) is 3.69. The number of hydrogen-bond acceptors (Lipinski definition) is 4. The summed E-state index contributed by atoms with van der Waals surface area (Å²) in [5.74, 6) is 2.76. The fourth-order valence-electron chi connectivity index (χ4n) is 2.48. The highest BCUT2D eigenvalue weighted by atomic mass is 16.5. The number of aromatic nitrogens is 1. The van der Waals surface area contributed by atoms with Gasteiger partial charge in [-0.1, -0.05) is 0 Å². The monoisotopic (exact) mass is 249 g/mol. The molecule has 4 nitrogen and oxygen atoms in total. The Hall–Kier alpha value is -1.29. The summed E-state index contributed by atoms with van der Waals surface area (Å²) in [5, 5.41) is 3.23. The zero-order chi connectivity index (χ0) is 12.8. The first-order valence-corrected chi connectivity index (χ1v) is 6.73. The second-order valence-electron chi connectivity index (χ2n) is 4.88. The standard InChI is InChI=1S/C14H23N3O/c1-15-8-5-12-6-9-17(10-7-12)14-4-3-13(18-2)11-16-14/h3-4,11-12,15H,5-10H2,1-2H3. The Morgan fingerprint density at radius 2 is 2.17 bits per heavy atom. The molecule has 0 atom stereocenters. The van der Waals surface area contributed by atoms with Crippen LogP contribution in [0.4, 0.5) is 5.82 Å². The average molecular weight is 249 g/mol. The van der Waals surface area contributed by atoms with Gasteiger partial charge in [0.15, 0.2) is 0 Å². The number of methoxy groups -OCH3 is 1. The summed E-state index contributed by atoms with van der Waals surface area (Å²) in [6.45, 7) is 3.37. The van der Waals surface area contributed by atoms with Crippen LogP contribution < -0.4 is 15.0 Å². The van der Waals surface area contributed by atoms with E-state index in [2.05, 4.69) is 15.2 Å². The van der Waals surface area contributed by atoms with E-state index in [1.54, 1.807) is 13.3 Å². The summed E-state index contributed by atoms with van der Waals surface area (Å²) in [5.41, 5.74) is 0. The van der Waals surface area contributed by atoms with Gasteiger partial charge in [0.25, 0.3) is 0 Å².